The molecule has 0 spiro atoms. The summed E-state index contributed by atoms with van der Waals surface area (Å²) >= 11 is 3.62. The maximum atomic E-state index is 4.61. The van der Waals surface area contributed by atoms with Gasteiger partial charge in [0.1, 0.15) is 5.82 Å². The summed E-state index contributed by atoms with van der Waals surface area (Å²) in [7, 11) is 0. The van der Waals surface area contributed by atoms with Crippen molar-refractivity contribution in [1.82, 2.24) is 9.55 Å². The lowest BCUT2D eigenvalue weighted by Crippen LogP contribution is -2.13. The highest BCUT2D eigenvalue weighted by molar-refractivity contribution is 9.09. The predicted molar refractivity (Wildman–Crippen MR) is 76.7 cm³/mol. The smallest absolute Gasteiger partial charge is 0.106 e. The van der Waals surface area contributed by atoms with Crippen LogP contribution < -0.4 is 0 Å². The summed E-state index contributed by atoms with van der Waals surface area (Å²) in [5.41, 5.74) is 2.36. The summed E-state index contributed by atoms with van der Waals surface area (Å²) < 4.78 is 2.34. The molecule has 0 fully saturated rings. The minimum atomic E-state index is 0.691. The molecule has 0 aliphatic carbocycles. The molecule has 1 unspecified atom stereocenters. The fraction of sp³-hybridized carbons (Fsp3) is 0.500. The van der Waals surface area contributed by atoms with Crippen LogP contribution in [0.4, 0.5) is 0 Å². The number of nitrogens with zero attached hydrogens (tertiary/aromatic N) is 2. The Labute approximate surface area is 111 Å². The molecule has 92 valence electrons. The summed E-state index contributed by atoms with van der Waals surface area (Å²) in [5.74, 6) is 1.81. The second-order valence-electron chi connectivity index (χ2n) is 4.57. The predicted octanol–water partition coefficient (Wildman–Crippen LogP) is 4.16. The average molecular weight is 295 g/mol. The van der Waals surface area contributed by atoms with E-state index in [1.807, 2.05) is 6.07 Å². The Morgan fingerprint density at radius 3 is 2.82 bits per heavy atom. The number of imidazole rings is 1. The summed E-state index contributed by atoms with van der Waals surface area (Å²) in [6.45, 7) is 5.40. The van der Waals surface area contributed by atoms with E-state index in [1.165, 1.54) is 18.4 Å². The molecule has 1 aromatic heterocycles. The van der Waals surface area contributed by atoms with Crippen molar-refractivity contribution >= 4 is 27.0 Å². The Morgan fingerprint density at radius 1 is 1.35 bits per heavy atom. The minimum absolute atomic E-state index is 0.691. The number of fused-ring (bicyclic) bond motifs is 1. The van der Waals surface area contributed by atoms with Gasteiger partial charge in [-0.15, -0.1) is 0 Å². The van der Waals surface area contributed by atoms with Gasteiger partial charge in [0, 0.05) is 11.9 Å². The SMILES string of the molecule is CCCC(CBr)Cn1c(C)nc2ccccc21. The third-order valence-corrected chi connectivity index (χ3v) is 4.12. The van der Waals surface area contributed by atoms with E-state index < -0.39 is 0 Å². The first-order valence-electron chi connectivity index (χ1n) is 6.24. The number of hydrogen-bond donors (Lipinski definition) is 0. The van der Waals surface area contributed by atoms with Crippen LogP contribution in [0, 0.1) is 12.8 Å². The van der Waals surface area contributed by atoms with Gasteiger partial charge in [-0.1, -0.05) is 41.4 Å². The van der Waals surface area contributed by atoms with Crippen LogP contribution in [0.2, 0.25) is 0 Å². The average Bonchev–Trinajstić information content (AvgIpc) is 2.65. The zero-order chi connectivity index (χ0) is 12.3. The molecule has 3 heteroatoms. The molecule has 1 atom stereocenters. The molecule has 0 bridgehead atoms. The van der Waals surface area contributed by atoms with E-state index >= 15 is 0 Å². The number of para-hydroxylation sites is 2. The van der Waals surface area contributed by atoms with E-state index in [0.717, 1.165) is 23.2 Å². The highest BCUT2D eigenvalue weighted by Gasteiger charge is 2.12. The molecule has 1 aromatic carbocycles. The monoisotopic (exact) mass is 294 g/mol. The Bertz CT molecular complexity index is 490. The van der Waals surface area contributed by atoms with Gasteiger partial charge < -0.3 is 4.57 Å². The van der Waals surface area contributed by atoms with Crippen LogP contribution in [-0.4, -0.2) is 14.9 Å². The van der Waals surface area contributed by atoms with Crippen molar-refractivity contribution in [3.8, 4) is 0 Å². The number of rotatable bonds is 5. The van der Waals surface area contributed by atoms with Crippen LogP contribution >= 0.6 is 15.9 Å². The number of aromatic nitrogens is 2. The van der Waals surface area contributed by atoms with E-state index in [-0.39, 0.29) is 0 Å². The van der Waals surface area contributed by atoms with Crippen molar-refractivity contribution in [3.05, 3.63) is 30.1 Å². The maximum absolute atomic E-state index is 4.61. The normalized spacial score (nSPS) is 13.1. The molecule has 2 rings (SSSR count). The molecule has 0 saturated carbocycles. The second kappa shape index (κ2) is 5.67. The van der Waals surface area contributed by atoms with Crippen LogP contribution in [0.1, 0.15) is 25.6 Å². The molecular weight excluding hydrogens is 276 g/mol. The first-order valence-corrected chi connectivity index (χ1v) is 7.36. The Morgan fingerprint density at radius 2 is 2.12 bits per heavy atom. The highest BCUT2D eigenvalue weighted by Crippen LogP contribution is 2.20. The van der Waals surface area contributed by atoms with Gasteiger partial charge in [0.2, 0.25) is 0 Å². The van der Waals surface area contributed by atoms with E-state index in [4.69, 9.17) is 0 Å². The van der Waals surface area contributed by atoms with Gasteiger partial charge in [-0.25, -0.2) is 4.98 Å². The van der Waals surface area contributed by atoms with Crippen LogP contribution in [-0.2, 0) is 6.54 Å². The molecule has 2 aromatic rings. The molecule has 2 nitrogen and oxygen atoms in total. The third-order valence-electron chi connectivity index (χ3n) is 3.20. The Balaban J connectivity index is 2.31. The fourth-order valence-electron chi connectivity index (χ4n) is 2.31. The lowest BCUT2D eigenvalue weighted by atomic mass is 10.1. The van der Waals surface area contributed by atoms with Gasteiger partial charge in [0.15, 0.2) is 0 Å². The molecule has 0 saturated heterocycles. The van der Waals surface area contributed by atoms with Crippen LogP contribution in [0.15, 0.2) is 24.3 Å². The van der Waals surface area contributed by atoms with Crippen LogP contribution in [0.5, 0.6) is 0 Å². The van der Waals surface area contributed by atoms with Crippen molar-refractivity contribution < 1.29 is 0 Å². The fourth-order valence-corrected chi connectivity index (χ4v) is 2.84. The summed E-state index contributed by atoms with van der Waals surface area (Å²) in [4.78, 5) is 4.61. The van der Waals surface area contributed by atoms with Gasteiger partial charge in [-0.3, -0.25) is 0 Å². The Kier molecular flexibility index (Phi) is 4.21. The van der Waals surface area contributed by atoms with Crippen molar-refractivity contribution in [1.29, 1.82) is 0 Å². The zero-order valence-electron chi connectivity index (χ0n) is 10.5. The molecule has 0 aliphatic heterocycles. The number of hydrogen-bond acceptors (Lipinski definition) is 1. The number of benzene rings is 1. The van der Waals surface area contributed by atoms with Gasteiger partial charge in [0.05, 0.1) is 11.0 Å². The van der Waals surface area contributed by atoms with Crippen molar-refractivity contribution in [3.63, 3.8) is 0 Å². The molecule has 1 heterocycles. The van der Waals surface area contributed by atoms with E-state index in [2.05, 4.69) is 57.5 Å². The van der Waals surface area contributed by atoms with Crippen molar-refractivity contribution in [2.24, 2.45) is 5.92 Å². The second-order valence-corrected chi connectivity index (χ2v) is 5.21. The van der Waals surface area contributed by atoms with Crippen molar-refractivity contribution in [2.75, 3.05) is 5.33 Å². The topological polar surface area (TPSA) is 17.8 Å². The van der Waals surface area contributed by atoms with Crippen LogP contribution in [0.25, 0.3) is 11.0 Å². The number of alkyl halides is 1. The van der Waals surface area contributed by atoms with Crippen LogP contribution in [0.3, 0.4) is 0 Å². The maximum Gasteiger partial charge on any atom is 0.106 e. The number of halogens is 1. The summed E-state index contributed by atoms with van der Waals surface area (Å²) in [6, 6.07) is 8.38. The third kappa shape index (κ3) is 2.71. The van der Waals surface area contributed by atoms with E-state index in [1.54, 1.807) is 0 Å². The Hall–Kier alpha value is -0.830. The molecule has 0 amide bonds. The quantitative estimate of drug-likeness (QED) is 0.757. The lowest BCUT2D eigenvalue weighted by molar-refractivity contribution is 0.456. The number of aryl methyl sites for hydroxylation is 1. The van der Waals surface area contributed by atoms with Gasteiger partial charge in [-0.2, -0.15) is 0 Å². The molecule has 17 heavy (non-hydrogen) atoms. The van der Waals surface area contributed by atoms with E-state index in [9.17, 15) is 0 Å². The first kappa shape index (κ1) is 12.6. The van der Waals surface area contributed by atoms with E-state index in [0.29, 0.717) is 5.92 Å². The summed E-state index contributed by atoms with van der Waals surface area (Å²) in [5, 5.41) is 1.06. The van der Waals surface area contributed by atoms with Gasteiger partial charge in [0.25, 0.3) is 0 Å². The minimum Gasteiger partial charge on any atom is -0.328 e. The van der Waals surface area contributed by atoms with Crippen molar-refractivity contribution in [2.45, 2.75) is 33.2 Å². The molecular formula is C14H19BrN2. The molecule has 0 aliphatic rings. The molecule has 0 radical (unpaired) electrons. The standard InChI is InChI=1S/C14H19BrN2/c1-3-6-12(9-15)10-17-11(2)16-13-7-4-5-8-14(13)17/h4-5,7-8,12H,3,6,9-10H2,1-2H3. The summed E-state index contributed by atoms with van der Waals surface area (Å²) in [6.07, 6.45) is 2.50. The lowest BCUT2D eigenvalue weighted by Gasteiger charge is -2.15. The molecule has 0 N–H and O–H groups in total. The first-order chi connectivity index (χ1) is 8.26. The van der Waals surface area contributed by atoms with Gasteiger partial charge >= 0.3 is 0 Å². The zero-order valence-corrected chi connectivity index (χ0v) is 12.1. The largest absolute Gasteiger partial charge is 0.328 e. The van der Waals surface area contributed by atoms with Gasteiger partial charge in [-0.05, 0) is 31.4 Å². The highest BCUT2D eigenvalue weighted by atomic mass is 79.9.